The van der Waals surface area contributed by atoms with E-state index in [1.807, 2.05) is 6.92 Å². The number of hydrogen-bond acceptors (Lipinski definition) is 5. The van der Waals surface area contributed by atoms with Gasteiger partial charge in [0.05, 0.1) is 27.7 Å². The molecule has 5 atom stereocenters. The lowest BCUT2D eigenvalue weighted by molar-refractivity contribution is -0.165. The standard InChI is InChI=1S/C26H56INO4SSi3/c1-18(33)28-23-20(27)22(32-36(15,16)26(8,9)10)21(31-35(13,14)25(5,6)7)19(30-23)17-29-34(11,12)24(2,3)4/h19-23H,17H2,1-16H3,(H,28,33)/t19-,20+,21-,22-,23+/m1/s1. The Morgan fingerprint density at radius 1 is 0.778 bits per heavy atom. The van der Waals surface area contributed by atoms with Crippen LogP contribution in [0, 0.1) is 0 Å². The highest BCUT2D eigenvalue weighted by atomic mass is 127. The van der Waals surface area contributed by atoms with Crippen LogP contribution >= 0.6 is 34.8 Å². The highest BCUT2D eigenvalue weighted by molar-refractivity contribution is 14.1. The molecule has 0 aromatic carbocycles. The fraction of sp³-hybridized carbons (Fsp3) is 0.962. The fourth-order valence-corrected chi connectivity index (χ4v) is 8.12. The van der Waals surface area contributed by atoms with Crippen LogP contribution in [0.15, 0.2) is 0 Å². The van der Waals surface area contributed by atoms with Gasteiger partial charge in [0.15, 0.2) is 25.0 Å². The zero-order valence-corrected chi connectivity index (χ0v) is 32.0. The number of alkyl halides is 1. The van der Waals surface area contributed by atoms with Gasteiger partial charge in [-0.15, -0.1) is 0 Å². The van der Waals surface area contributed by atoms with E-state index in [4.69, 9.17) is 30.2 Å². The molecule has 214 valence electrons. The van der Waals surface area contributed by atoms with Gasteiger partial charge in [0.25, 0.3) is 0 Å². The predicted molar refractivity (Wildman–Crippen MR) is 175 cm³/mol. The maximum absolute atomic E-state index is 7.19. The SMILES string of the molecule is CC(=S)N[C@H]1O[C@H](CO[Si](C)(C)C(C)(C)C)[C@@H](O[Si](C)(C)C(C)(C)C)[C@H](O[Si](C)(C)C(C)(C)C)[C@@H]1I. The summed E-state index contributed by atoms with van der Waals surface area (Å²) in [6.07, 6.45) is -0.851. The molecule has 1 N–H and O–H groups in total. The lowest BCUT2D eigenvalue weighted by Crippen LogP contribution is -2.67. The van der Waals surface area contributed by atoms with E-state index in [0.717, 1.165) is 4.99 Å². The second-order valence-corrected chi connectivity index (χ2v) is 31.4. The molecule has 0 unspecified atom stereocenters. The van der Waals surface area contributed by atoms with E-state index in [9.17, 15) is 0 Å². The first-order valence-corrected chi connectivity index (χ1v) is 23.7. The van der Waals surface area contributed by atoms with E-state index in [2.05, 4.69) is 130 Å². The van der Waals surface area contributed by atoms with Crippen molar-refractivity contribution < 1.29 is 18.0 Å². The third-order valence-electron chi connectivity index (χ3n) is 8.85. The maximum Gasteiger partial charge on any atom is 0.192 e. The number of ether oxygens (including phenoxy) is 1. The molecular weight excluding hydrogens is 634 g/mol. The first-order chi connectivity index (χ1) is 15.7. The Morgan fingerprint density at radius 3 is 1.53 bits per heavy atom. The Morgan fingerprint density at radius 2 is 1.17 bits per heavy atom. The molecule has 5 nitrogen and oxygen atoms in total. The molecule has 0 aliphatic carbocycles. The van der Waals surface area contributed by atoms with Gasteiger partial charge in [-0.05, 0) is 61.3 Å². The summed E-state index contributed by atoms with van der Waals surface area (Å²) in [5.74, 6) is 0. The van der Waals surface area contributed by atoms with Crippen LogP contribution in [0.1, 0.15) is 69.2 Å². The normalized spacial score (nSPS) is 27.2. The van der Waals surface area contributed by atoms with Crippen LogP contribution < -0.4 is 5.32 Å². The second-order valence-electron chi connectivity index (χ2n) is 15.0. The van der Waals surface area contributed by atoms with Gasteiger partial charge in [-0.3, -0.25) is 0 Å². The van der Waals surface area contributed by atoms with Crippen molar-refractivity contribution >= 4 is 64.7 Å². The van der Waals surface area contributed by atoms with Crippen molar-refractivity contribution in [3.8, 4) is 0 Å². The molecule has 1 fully saturated rings. The number of nitrogens with one attached hydrogen (secondary N) is 1. The highest BCUT2D eigenvalue weighted by Crippen LogP contribution is 2.44. The van der Waals surface area contributed by atoms with Crippen LogP contribution in [-0.4, -0.2) is 65.0 Å². The molecule has 0 radical (unpaired) electrons. The molecule has 36 heavy (non-hydrogen) atoms. The van der Waals surface area contributed by atoms with Crippen molar-refractivity contribution in [1.29, 1.82) is 0 Å². The molecular formula is C26H56INO4SSi3. The van der Waals surface area contributed by atoms with Crippen LogP contribution in [0.3, 0.4) is 0 Å². The van der Waals surface area contributed by atoms with Crippen LogP contribution in [-0.2, 0) is 18.0 Å². The average Bonchev–Trinajstić information content (AvgIpc) is 2.62. The third kappa shape index (κ3) is 8.81. The average molecular weight is 690 g/mol. The Hall–Kier alpha value is 1.11. The number of hydrogen-bond donors (Lipinski definition) is 1. The zero-order chi connectivity index (χ0) is 28.7. The van der Waals surface area contributed by atoms with Crippen LogP contribution in [0.5, 0.6) is 0 Å². The van der Waals surface area contributed by atoms with Gasteiger partial charge >= 0.3 is 0 Å². The lowest BCUT2D eigenvalue weighted by Gasteiger charge is -2.52. The molecule has 0 bridgehead atoms. The van der Waals surface area contributed by atoms with Gasteiger partial charge in [0, 0.05) is 0 Å². The van der Waals surface area contributed by atoms with Crippen molar-refractivity contribution in [3.63, 3.8) is 0 Å². The van der Waals surface area contributed by atoms with Crippen LogP contribution in [0.25, 0.3) is 0 Å². The quantitative estimate of drug-likeness (QED) is 0.120. The summed E-state index contributed by atoms with van der Waals surface area (Å²) in [7, 11) is -6.22. The molecule has 0 saturated carbocycles. The van der Waals surface area contributed by atoms with Gasteiger partial charge in [0.1, 0.15) is 12.3 Å². The summed E-state index contributed by atoms with van der Waals surface area (Å²) in [5, 5.41) is 3.67. The number of halogens is 1. The molecule has 0 aromatic heterocycles. The minimum absolute atomic E-state index is 0.0357. The first kappa shape index (κ1) is 35.1. The van der Waals surface area contributed by atoms with E-state index in [1.165, 1.54) is 0 Å². The van der Waals surface area contributed by atoms with E-state index < -0.39 is 25.0 Å². The van der Waals surface area contributed by atoms with E-state index in [1.54, 1.807) is 0 Å². The summed E-state index contributed by atoms with van der Waals surface area (Å²) < 4.78 is 27.9. The number of thiocarbonyl (C=S) groups is 1. The van der Waals surface area contributed by atoms with Crippen molar-refractivity contribution in [2.24, 2.45) is 0 Å². The minimum Gasteiger partial charge on any atom is -0.414 e. The van der Waals surface area contributed by atoms with Gasteiger partial charge in [-0.2, -0.15) is 0 Å². The topological polar surface area (TPSA) is 49.0 Å². The molecule has 1 heterocycles. The molecule has 0 amide bonds. The van der Waals surface area contributed by atoms with Crippen LogP contribution in [0.2, 0.25) is 54.4 Å². The minimum atomic E-state index is -2.13. The summed E-state index contributed by atoms with van der Waals surface area (Å²) in [6, 6.07) is 0. The largest absolute Gasteiger partial charge is 0.414 e. The summed E-state index contributed by atoms with van der Waals surface area (Å²) >= 11 is 7.93. The highest BCUT2D eigenvalue weighted by Gasteiger charge is 2.53. The van der Waals surface area contributed by atoms with Gasteiger partial charge in [0.2, 0.25) is 0 Å². The zero-order valence-electron chi connectivity index (χ0n) is 26.0. The molecule has 0 aromatic rings. The maximum atomic E-state index is 7.19. The third-order valence-corrected chi connectivity index (χ3v) is 23.8. The summed E-state index contributed by atoms with van der Waals surface area (Å²) in [4.78, 5) is 0.723. The van der Waals surface area contributed by atoms with Gasteiger partial charge in [-0.25, -0.2) is 0 Å². The van der Waals surface area contributed by atoms with E-state index >= 15 is 0 Å². The molecule has 0 spiro atoms. The van der Waals surface area contributed by atoms with Crippen LogP contribution in [0.4, 0.5) is 0 Å². The molecule has 1 aliphatic rings. The molecule has 1 saturated heterocycles. The Bertz CT molecular complexity index is 760. The lowest BCUT2D eigenvalue weighted by atomic mass is 10.0. The van der Waals surface area contributed by atoms with E-state index in [-0.39, 0.29) is 43.6 Å². The van der Waals surface area contributed by atoms with Crippen molar-refractivity contribution in [2.75, 3.05) is 6.61 Å². The second kappa shape index (κ2) is 11.9. The molecule has 10 heteroatoms. The molecule has 1 rings (SSSR count). The van der Waals surface area contributed by atoms with Crippen molar-refractivity contribution in [3.05, 3.63) is 0 Å². The summed E-state index contributed by atoms with van der Waals surface area (Å²) in [5.41, 5.74) is 0. The summed E-state index contributed by atoms with van der Waals surface area (Å²) in [6.45, 7) is 36.8. The monoisotopic (exact) mass is 689 g/mol. The van der Waals surface area contributed by atoms with Crippen molar-refractivity contribution in [1.82, 2.24) is 5.32 Å². The van der Waals surface area contributed by atoms with Gasteiger partial charge in [-0.1, -0.05) is 97.1 Å². The van der Waals surface area contributed by atoms with Gasteiger partial charge < -0.3 is 23.3 Å². The van der Waals surface area contributed by atoms with E-state index in [0.29, 0.717) is 6.61 Å². The first-order valence-electron chi connectivity index (χ1n) is 13.3. The molecule has 1 aliphatic heterocycles. The van der Waals surface area contributed by atoms with Crippen molar-refractivity contribution in [2.45, 2.75) is 152 Å². The smallest absolute Gasteiger partial charge is 0.192 e. The predicted octanol–water partition coefficient (Wildman–Crippen LogP) is 8.25. The Balaban J connectivity index is 3.56. The Labute approximate surface area is 245 Å². The number of rotatable bonds is 8. The Kier molecular flexibility index (Phi) is 11.6. The fourth-order valence-electron chi connectivity index (χ4n) is 3.17.